The predicted molar refractivity (Wildman–Crippen MR) is 115 cm³/mol. The van der Waals surface area contributed by atoms with E-state index in [9.17, 15) is 17.6 Å². The van der Waals surface area contributed by atoms with E-state index < -0.39 is 33.3 Å². The van der Waals surface area contributed by atoms with Crippen LogP contribution in [0.1, 0.15) is 32.8 Å². The summed E-state index contributed by atoms with van der Waals surface area (Å²) < 4.78 is 39.5. The smallest absolute Gasteiger partial charge is 0.244 e. The Kier molecular flexibility index (Phi) is 7.30. The second kappa shape index (κ2) is 9.13. The van der Waals surface area contributed by atoms with Gasteiger partial charge in [-0.2, -0.15) is 0 Å². The molecule has 1 atom stereocenters. The molecule has 0 saturated carbocycles. The molecule has 0 bridgehead atoms. The average Bonchev–Trinajstić information content (AvgIpc) is 2.61. The molecule has 0 fully saturated rings. The number of nitrogens with one attached hydrogen (secondary N) is 1. The predicted octanol–water partition coefficient (Wildman–Crippen LogP) is 4.16. The van der Waals surface area contributed by atoms with Gasteiger partial charge in [0.1, 0.15) is 11.9 Å². The fourth-order valence-corrected chi connectivity index (χ4v) is 4.63. The van der Waals surface area contributed by atoms with E-state index in [-0.39, 0.29) is 17.1 Å². The molecule has 0 heterocycles. The largest absolute Gasteiger partial charge is 0.349 e. The van der Waals surface area contributed by atoms with Crippen LogP contribution in [-0.2, 0) is 21.2 Å². The van der Waals surface area contributed by atoms with Crippen LogP contribution in [0.5, 0.6) is 0 Å². The number of sulfonamides is 1. The van der Waals surface area contributed by atoms with E-state index in [0.717, 1.165) is 22.2 Å². The van der Waals surface area contributed by atoms with Gasteiger partial charge in [-0.05, 0) is 50.5 Å². The second-order valence-corrected chi connectivity index (χ2v) is 9.88. The van der Waals surface area contributed by atoms with Crippen LogP contribution in [0.4, 0.5) is 10.1 Å². The van der Waals surface area contributed by atoms with Crippen molar-refractivity contribution in [2.45, 2.75) is 45.2 Å². The van der Waals surface area contributed by atoms with Crippen molar-refractivity contribution in [3.8, 4) is 0 Å². The van der Waals surface area contributed by atoms with E-state index in [1.807, 2.05) is 44.2 Å². The maximum absolute atomic E-state index is 13.6. The Morgan fingerprint density at radius 3 is 2.34 bits per heavy atom. The van der Waals surface area contributed by atoms with E-state index in [1.165, 1.54) is 12.1 Å². The molecule has 0 radical (unpaired) electrons. The number of nitrogens with zero attached hydrogens (tertiary/aromatic N) is 1. The third-order valence-corrected chi connectivity index (χ3v) is 5.91. The van der Waals surface area contributed by atoms with Gasteiger partial charge >= 0.3 is 0 Å². The summed E-state index contributed by atoms with van der Waals surface area (Å²) in [7, 11) is -3.83. The molecule has 0 aromatic heterocycles. The van der Waals surface area contributed by atoms with Crippen LogP contribution >= 0.6 is 11.6 Å². The zero-order chi connectivity index (χ0) is 21.8. The Balaban J connectivity index is 2.31. The molecule has 8 heteroatoms. The van der Waals surface area contributed by atoms with Gasteiger partial charge in [-0.25, -0.2) is 12.8 Å². The fourth-order valence-electron chi connectivity index (χ4n) is 3.25. The van der Waals surface area contributed by atoms with E-state index in [1.54, 1.807) is 6.92 Å². The van der Waals surface area contributed by atoms with Crippen LogP contribution in [0.2, 0.25) is 5.02 Å². The summed E-state index contributed by atoms with van der Waals surface area (Å²) in [6.07, 6.45) is 1.82. The number of halogens is 2. The highest BCUT2D eigenvalue weighted by atomic mass is 35.5. The number of rotatable bonds is 8. The van der Waals surface area contributed by atoms with E-state index in [2.05, 4.69) is 5.32 Å². The van der Waals surface area contributed by atoms with Gasteiger partial charge in [0.2, 0.25) is 15.9 Å². The first kappa shape index (κ1) is 23.2. The van der Waals surface area contributed by atoms with Gasteiger partial charge in [0.15, 0.2) is 0 Å². The molecule has 158 valence electrons. The lowest BCUT2D eigenvalue weighted by atomic mass is 9.94. The van der Waals surface area contributed by atoms with Crippen LogP contribution in [-0.4, -0.2) is 32.2 Å². The molecular formula is C21H26ClFN2O3S. The van der Waals surface area contributed by atoms with Crippen LogP contribution in [0.25, 0.3) is 0 Å². The summed E-state index contributed by atoms with van der Waals surface area (Å²) in [4.78, 5) is 13.1. The summed E-state index contributed by atoms with van der Waals surface area (Å²) in [5.41, 5.74) is 0.591. The highest BCUT2D eigenvalue weighted by Gasteiger charge is 2.34. The highest BCUT2D eigenvalue weighted by molar-refractivity contribution is 7.92. The fraction of sp³-hybridized carbons (Fsp3) is 0.381. The average molecular weight is 441 g/mol. The van der Waals surface area contributed by atoms with Crippen LogP contribution in [0.3, 0.4) is 0 Å². The minimum Gasteiger partial charge on any atom is -0.349 e. The number of amides is 1. The molecule has 0 aliphatic heterocycles. The molecule has 2 aromatic carbocycles. The SMILES string of the molecule is CC[C@H](C(=O)NC(C)(C)Cc1ccccc1)N(c1ccc(F)c(Cl)c1)S(C)(=O)=O. The Morgan fingerprint density at radius 2 is 1.83 bits per heavy atom. The lowest BCUT2D eigenvalue weighted by Gasteiger charge is -2.34. The molecule has 2 rings (SSSR count). The third kappa shape index (κ3) is 6.18. The van der Waals surface area contributed by atoms with Crippen molar-refractivity contribution >= 4 is 33.2 Å². The van der Waals surface area contributed by atoms with Crippen molar-refractivity contribution in [3.05, 3.63) is 64.9 Å². The van der Waals surface area contributed by atoms with E-state index in [4.69, 9.17) is 11.6 Å². The van der Waals surface area contributed by atoms with Crippen molar-refractivity contribution in [2.24, 2.45) is 0 Å². The summed E-state index contributed by atoms with van der Waals surface area (Å²) >= 11 is 5.84. The first-order chi connectivity index (χ1) is 13.4. The van der Waals surface area contributed by atoms with Gasteiger partial charge < -0.3 is 5.32 Å². The lowest BCUT2D eigenvalue weighted by molar-refractivity contribution is -0.123. The molecule has 1 N–H and O–H groups in total. The third-order valence-electron chi connectivity index (χ3n) is 4.44. The molecule has 29 heavy (non-hydrogen) atoms. The van der Waals surface area contributed by atoms with Crippen molar-refractivity contribution in [3.63, 3.8) is 0 Å². The quantitative estimate of drug-likeness (QED) is 0.670. The minimum atomic E-state index is -3.83. The topological polar surface area (TPSA) is 66.5 Å². The van der Waals surface area contributed by atoms with Crippen LogP contribution in [0, 0.1) is 5.82 Å². The zero-order valence-corrected chi connectivity index (χ0v) is 18.5. The Morgan fingerprint density at radius 1 is 1.21 bits per heavy atom. The van der Waals surface area contributed by atoms with Gasteiger partial charge in [0.25, 0.3) is 0 Å². The van der Waals surface area contributed by atoms with Gasteiger partial charge in [0, 0.05) is 5.54 Å². The molecular weight excluding hydrogens is 415 g/mol. The zero-order valence-electron chi connectivity index (χ0n) is 16.9. The van der Waals surface area contributed by atoms with E-state index in [0.29, 0.717) is 6.42 Å². The standard InChI is InChI=1S/C21H26ClFN2O3S/c1-5-19(20(26)24-21(2,3)14-15-9-7-6-8-10-15)25(29(4,27)28)16-11-12-18(23)17(22)13-16/h6-13,19H,5,14H2,1-4H3,(H,24,26)/t19-/m1/s1. The monoisotopic (exact) mass is 440 g/mol. The molecule has 5 nitrogen and oxygen atoms in total. The normalized spacial score (nSPS) is 13.0. The lowest BCUT2D eigenvalue weighted by Crippen LogP contribution is -2.55. The molecule has 2 aromatic rings. The Labute approximate surface area is 176 Å². The number of anilines is 1. The minimum absolute atomic E-state index is 0.141. The van der Waals surface area contributed by atoms with Gasteiger partial charge in [0.05, 0.1) is 17.0 Å². The summed E-state index contributed by atoms with van der Waals surface area (Å²) in [6.45, 7) is 5.48. The van der Waals surface area contributed by atoms with Gasteiger partial charge in [-0.1, -0.05) is 48.9 Å². The van der Waals surface area contributed by atoms with Crippen molar-refractivity contribution in [1.82, 2.24) is 5.32 Å². The van der Waals surface area contributed by atoms with Crippen LogP contribution < -0.4 is 9.62 Å². The number of benzene rings is 2. The molecule has 1 amide bonds. The van der Waals surface area contributed by atoms with Crippen molar-refractivity contribution in [2.75, 3.05) is 10.6 Å². The Hall–Kier alpha value is -2.12. The second-order valence-electron chi connectivity index (χ2n) is 7.62. The van der Waals surface area contributed by atoms with Crippen molar-refractivity contribution in [1.29, 1.82) is 0 Å². The highest BCUT2D eigenvalue weighted by Crippen LogP contribution is 2.27. The van der Waals surface area contributed by atoms with Crippen LogP contribution in [0.15, 0.2) is 48.5 Å². The Bertz CT molecular complexity index is 965. The maximum Gasteiger partial charge on any atom is 0.244 e. The molecule has 0 aliphatic rings. The van der Waals surface area contributed by atoms with E-state index >= 15 is 0 Å². The summed E-state index contributed by atoms with van der Waals surface area (Å²) in [5.74, 6) is -1.09. The van der Waals surface area contributed by atoms with Gasteiger partial charge in [-0.3, -0.25) is 9.10 Å². The number of hydrogen-bond acceptors (Lipinski definition) is 3. The summed E-state index contributed by atoms with van der Waals surface area (Å²) in [5, 5.41) is 2.74. The molecule has 0 saturated heterocycles. The molecule has 0 unspecified atom stereocenters. The van der Waals surface area contributed by atoms with Crippen molar-refractivity contribution < 1.29 is 17.6 Å². The van der Waals surface area contributed by atoms with Gasteiger partial charge in [-0.15, -0.1) is 0 Å². The number of carbonyl (C=O) groups excluding carboxylic acids is 1. The summed E-state index contributed by atoms with van der Waals surface area (Å²) in [6, 6.07) is 12.3. The number of carbonyl (C=O) groups is 1. The molecule has 0 aliphatic carbocycles. The maximum atomic E-state index is 13.6. The number of hydrogen-bond donors (Lipinski definition) is 1. The first-order valence-electron chi connectivity index (χ1n) is 9.25. The molecule has 0 spiro atoms. The first-order valence-corrected chi connectivity index (χ1v) is 11.5.